The number of halogens is 2. The van der Waals surface area contributed by atoms with Crippen molar-refractivity contribution in [2.45, 2.75) is 63.5 Å². The molecular weight excluding hydrogens is 321 g/mol. The van der Waals surface area contributed by atoms with Crippen molar-refractivity contribution in [1.29, 1.82) is 0 Å². The summed E-state index contributed by atoms with van der Waals surface area (Å²) < 4.78 is 0. The van der Waals surface area contributed by atoms with Crippen LogP contribution in [0.4, 0.5) is 0 Å². The maximum Gasteiger partial charge on any atom is 0.237 e. The first-order valence-corrected chi connectivity index (χ1v) is 8.22. The van der Waals surface area contributed by atoms with E-state index in [0.717, 1.165) is 25.4 Å². The summed E-state index contributed by atoms with van der Waals surface area (Å²) in [6, 6.07) is 0.0315. The number of rotatable bonds is 4. The lowest BCUT2D eigenvalue weighted by atomic mass is 9.75. The maximum absolute atomic E-state index is 12.3. The van der Waals surface area contributed by atoms with Crippen LogP contribution in [0.5, 0.6) is 0 Å². The number of carbonyl (C=O) groups excluding carboxylic acids is 1. The first-order valence-electron chi connectivity index (χ1n) is 8.22. The van der Waals surface area contributed by atoms with Crippen LogP contribution >= 0.6 is 24.8 Å². The molecule has 0 aromatic heterocycles. The van der Waals surface area contributed by atoms with Crippen molar-refractivity contribution < 1.29 is 4.79 Å². The number of hydrogen-bond donors (Lipinski definition) is 2. The molecule has 132 valence electrons. The van der Waals surface area contributed by atoms with Crippen LogP contribution in [0.15, 0.2) is 0 Å². The van der Waals surface area contributed by atoms with Gasteiger partial charge in [-0.3, -0.25) is 4.79 Å². The lowest BCUT2D eigenvalue weighted by Gasteiger charge is -2.45. The normalized spacial score (nSPS) is 31.8. The zero-order chi connectivity index (χ0) is 14.6. The van der Waals surface area contributed by atoms with Gasteiger partial charge in [-0.15, -0.1) is 24.8 Å². The van der Waals surface area contributed by atoms with Crippen molar-refractivity contribution in [2.24, 2.45) is 5.92 Å². The Hall–Kier alpha value is -0.0300. The van der Waals surface area contributed by atoms with E-state index >= 15 is 0 Å². The number of carbonyl (C=O) groups is 1. The third-order valence-electron chi connectivity index (χ3n) is 5.23. The van der Waals surface area contributed by atoms with E-state index in [9.17, 15) is 4.79 Å². The van der Waals surface area contributed by atoms with Crippen LogP contribution < -0.4 is 10.6 Å². The van der Waals surface area contributed by atoms with E-state index in [2.05, 4.69) is 36.6 Å². The SMILES string of the molecule is CC1CCCC(CNC(=O)[C@H]2CCCCN2)(N(C)C)C1.Cl.Cl. The quantitative estimate of drug-likeness (QED) is 0.816. The summed E-state index contributed by atoms with van der Waals surface area (Å²) >= 11 is 0. The monoisotopic (exact) mass is 353 g/mol. The molecule has 0 bridgehead atoms. The van der Waals surface area contributed by atoms with Crippen LogP contribution in [0.2, 0.25) is 0 Å². The Kier molecular flexibility index (Phi) is 9.95. The van der Waals surface area contributed by atoms with Gasteiger partial charge in [0.15, 0.2) is 0 Å². The topological polar surface area (TPSA) is 44.4 Å². The van der Waals surface area contributed by atoms with Gasteiger partial charge in [0.1, 0.15) is 0 Å². The van der Waals surface area contributed by atoms with E-state index in [-0.39, 0.29) is 42.3 Å². The number of nitrogens with one attached hydrogen (secondary N) is 2. The molecule has 4 nitrogen and oxygen atoms in total. The Labute approximate surface area is 148 Å². The molecule has 0 aromatic carbocycles. The minimum atomic E-state index is 0. The summed E-state index contributed by atoms with van der Waals surface area (Å²) in [6.07, 6.45) is 8.34. The molecule has 0 spiro atoms. The number of amides is 1. The highest BCUT2D eigenvalue weighted by atomic mass is 35.5. The third kappa shape index (κ3) is 5.55. The zero-order valence-corrected chi connectivity index (χ0v) is 15.8. The molecule has 2 rings (SSSR count). The largest absolute Gasteiger partial charge is 0.353 e. The van der Waals surface area contributed by atoms with Gasteiger partial charge in [0.25, 0.3) is 0 Å². The Bertz CT molecular complexity index is 335. The molecule has 0 aromatic rings. The Balaban J connectivity index is 0.00000220. The van der Waals surface area contributed by atoms with Gasteiger partial charge in [-0.25, -0.2) is 0 Å². The summed E-state index contributed by atoms with van der Waals surface area (Å²) in [6.45, 7) is 4.11. The standard InChI is InChI=1S/C16H31N3O.2ClH/c1-13-7-6-9-16(11-13,19(2)3)12-18-15(20)14-8-4-5-10-17-14;;/h13-14,17H,4-12H2,1-3H3,(H,18,20);2*1H/t13?,14-,16?;;/m1../s1. The summed E-state index contributed by atoms with van der Waals surface area (Å²) in [5.74, 6) is 0.958. The van der Waals surface area contributed by atoms with Crippen molar-refractivity contribution in [2.75, 3.05) is 27.2 Å². The van der Waals surface area contributed by atoms with E-state index in [1.165, 1.54) is 38.5 Å². The fourth-order valence-electron chi connectivity index (χ4n) is 3.81. The van der Waals surface area contributed by atoms with Crippen molar-refractivity contribution in [3.8, 4) is 0 Å². The predicted octanol–water partition coefficient (Wildman–Crippen LogP) is 2.60. The van der Waals surface area contributed by atoms with Gasteiger partial charge >= 0.3 is 0 Å². The molecule has 1 saturated carbocycles. The van der Waals surface area contributed by atoms with Gasteiger partial charge in [-0.05, 0) is 52.2 Å². The lowest BCUT2D eigenvalue weighted by molar-refractivity contribution is -0.124. The molecule has 0 radical (unpaired) electrons. The van der Waals surface area contributed by atoms with Gasteiger partial charge in [0.05, 0.1) is 6.04 Å². The second-order valence-electron chi connectivity index (χ2n) is 7.04. The average Bonchev–Trinajstić information content (AvgIpc) is 2.45. The highest BCUT2D eigenvalue weighted by Gasteiger charge is 2.37. The van der Waals surface area contributed by atoms with Crippen molar-refractivity contribution in [3.63, 3.8) is 0 Å². The van der Waals surface area contributed by atoms with E-state index in [4.69, 9.17) is 0 Å². The summed E-state index contributed by atoms with van der Waals surface area (Å²) in [5.41, 5.74) is 0.155. The van der Waals surface area contributed by atoms with Crippen LogP contribution in [-0.4, -0.2) is 49.6 Å². The van der Waals surface area contributed by atoms with Crippen molar-refractivity contribution >= 4 is 30.7 Å². The fraction of sp³-hybridized carbons (Fsp3) is 0.938. The second-order valence-corrected chi connectivity index (χ2v) is 7.04. The van der Waals surface area contributed by atoms with Crippen LogP contribution in [0.1, 0.15) is 51.9 Å². The highest BCUT2D eigenvalue weighted by molar-refractivity contribution is 5.85. The fourth-order valence-corrected chi connectivity index (χ4v) is 3.81. The van der Waals surface area contributed by atoms with Crippen molar-refractivity contribution in [1.82, 2.24) is 15.5 Å². The van der Waals surface area contributed by atoms with Crippen molar-refractivity contribution in [3.05, 3.63) is 0 Å². The number of likely N-dealkylation sites (N-methyl/N-ethyl adjacent to an activating group) is 1. The van der Waals surface area contributed by atoms with Crippen LogP contribution in [0, 0.1) is 5.92 Å². The lowest BCUT2D eigenvalue weighted by Crippen LogP contribution is -2.57. The molecular formula is C16H33Cl2N3O. The van der Waals surface area contributed by atoms with Gasteiger partial charge in [-0.1, -0.05) is 26.2 Å². The smallest absolute Gasteiger partial charge is 0.237 e. The molecule has 2 unspecified atom stereocenters. The molecule has 2 aliphatic rings. The zero-order valence-electron chi connectivity index (χ0n) is 14.2. The van der Waals surface area contributed by atoms with Crippen LogP contribution in [-0.2, 0) is 4.79 Å². The Morgan fingerprint density at radius 1 is 1.23 bits per heavy atom. The van der Waals surface area contributed by atoms with Gasteiger partial charge in [0, 0.05) is 12.1 Å². The Morgan fingerprint density at radius 3 is 2.50 bits per heavy atom. The molecule has 1 amide bonds. The third-order valence-corrected chi connectivity index (χ3v) is 5.23. The first kappa shape index (κ1) is 22.0. The summed E-state index contributed by atoms with van der Waals surface area (Å²) in [5, 5.41) is 6.55. The summed E-state index contributed by atoms with van der Waals surface area (Å²) in [7, 11) is 4.31. The highest BCUT2D eigenvalue weighted by Crippen LogP contribution is 2.35. The molecule has 1 aliphatic carbocycles. The minimum Gasteiger partial charge on any atom is -0.353 e. The van der Waals surface area contributed by atoms with Gasteiger partial charge < -0.3 is 15.5 Å². The molecule has 22 heavy (non-hydrogen) atoms. The van der Waals surface area contributed by atoms with E-state index in [1.807, 2.05) is 0 Å². The minimum absolute atomic E-state index is 0. The molecule has 1 saturated heterocycles. The second kappa shape index (κ2) is 9.96. The molecule has 6 heteroatoms. The molecule has 2 N–H and O–H groups in total. The van der Waals surface area contributed by atoms with E-state index in [1.54, 1.807) is 0 Å². The molecule has 2 fully saturated rings. The van der Waals surface area contributed by atoms with Crippen LogP contribution in [0.3, 0.4) is 0 Å². The molecule has 3 atom stereocenters. The average molecular weight is 354 g/mol. The number of hydrogen-bond acceptors (Lipinski definition) is 3. The molecule has 1 heterocycles. The van der Waals surface area contributed by atoms with E-state index < -0.39 is 0 Å². The number of piperidine rings is 1. The Morgan fingerprint density at radius 2 is 1.95 bits per heavy atom. The number of nitrogens with zero attached hydrogens (tertiary/aromatic N) is 1. The predicted molar refractivity (Wildman–Crippen MR) is 97.2 cm³/mol. The molecule has 1 aliphatic heterocycles. The van der Waals surface area contributed by atoms with E-state index in [0.29, 0.717) is 0 Å². The first-order chi connectivity index (χ1) is 9.53. The summed E-state index contributed by atoms with van der Waals surface area (Å²) in [4.78, 5) is 14.6. The van der Waals surface area contributed by atoms with Crippen LogP contribution in [0.25, 0.3) is 0 Å². The van der Waals surface area contributed by atoms with Gasteiger partial charge in [-0.2, -0.15) is 0 Å². The maximum atomic E-state index is 12.3. The van der Waals surface area contributed by atoms with Gasteiger partial charge in [0.2, 0.25) is 5.91 Å².